The number of ether oxygens (including phenoxy) is 2. The molecule has 0 saturated carbocycles. The smallest absolute Gasteiger partial charge is 0.262 e. The topological polar surface area (TPSA) is 67.9 Å². The van der Waals surface area contributed by atoms with Crippen LogP contribution in [0.4, 0.5) is 5.69 Å². The summed E-state index contributed by atoms with van der Waals surface area (Å²) in [5, 5.41) is 4.82. The lowest BCUT2D eigenvalue weighted by atomic mass is 10.1. The van der Waals surface area contributed by atoms with Crippen LogP contribution in [0.15, 0.2) is 66.0 Å². The molecular weight excluding hydrogens is 412 g/mol. The van der Waals surface area contributed by atoms with Gasteiger partial charge in [0.15, 0.2) is 6.61 Å². The Labute approximate surface area is 185 Å². The van der Waals surface area contributed by atoms with E-state index in [1.54, 1.807) is 67.0 Å². The minimum Gasteiger partial charge on any atom is -0.497 e. The van der Waals surface area contributed by atoms with Crippen molar-refractivity contribution in [3.8, 4) is 11.5 Å². The van der Waals surface area contributed by atoms with Crippen molar-refractivity contribution in [1.82, 2.24) is 4.90 Å². The molecule has 0 spiro atoms. The molecule has 7 heteroatoms. The van der Waals surface area contributed by atoms with E-state index in [2.05, 4.69) is 11.4 Å². The predicted molar refractivity (Wildman–Crippen MR) is 121 cm³/mol. The number of nitrogens with zero attached hydrogens (tertiary/aromatic N) is 1. The summed E-state index contributed by atoms with van der Waals surface area (Å²) in [4.78, 5) is 28.3. The number of methoxy groups -OCH3 is 1. The van der Waals surface area contributed by atoms with Crippen molar-refractivity contribution in [3.05, 3.63) is 76.5 Å². The lowest BCUT2D eigenvalue weighted by molar-refractivity contribution is -0.118. The van der Waals surface area contributed by atoms with E-state index in [1.807, 2.05) is 16.3 Å². The third kappa shape index (κ3) is 5.06. The zero-order valence-electron chi connectivity index (χ0n) is 17.2. The van der Waals surface area contributed by atoms with Gasteiger partial charge in [-0.05, 0) is 60.7 Å². The van der Waals surface area contributed by atoms with Crippen LogP contribution in [0.25, 0.3) is 0 Å². The molecular formula is C24H24N2O4S. The summed E-state index contributed by atoms with van der Waals surface area (Å²) in [5.74, 6) is 0.953. The standard InChI is InChI=1S/C24H24N2O4S/c1-29-20-6-2-5-18(15-20)25-23(27)16-30-19-11-9-17(10-12-19)24(28)26-13-3-7-21(26)22-8-4-14-31-22/h2,4-6,8-12,14-15,21H,3,7,13,16H2,1H3,(H,25,27)/t21-/m0/s1. The molecule has 0 bridgehead atoms. The molecule has 0 radical (unpaired) electrons. The van der Waals surface area contributed by atoms with Gasteiger partial charge in [-0.2, -0.15) is 0 Å². The van der Waals surface area contributed by atoms with E-state index in [9.17, 15) is 9.59 Å². The summed E-state index contributed by atoms with van der Waals surface area (Å²) in [6, 6.07) is 18.3. The van der Waals surface area contributed by atoms with Crippen molar-refractivity contribution >= 4 is 28.8 Å². The van der Waals surface area contributed by atoms with Crippen LogP contribution >= 0.6 is 11.3 Å². The van der Waals surface area contributed by atoms with Gasteiger partial charge in [0.25, 0.3) is 11.8 Å². The third-order valence-electron chi connectivity index (χ3n) is 5.21. The highest BCUT2D eigenvalue weighted by Crippen LogP contribution is 2.35. The SMILES string of the molecule is COc1cccc(NC(=O)COc2ccc(C(=O)N3CCC[C@H]3c3cccs3)cc2)c1. The summed E-state index contributed by atoms with van der Waals surface area (Å²) in [5.41, 5.74) is 1.26. The molecule has 2 amide bonds. The molecule has 4 rings (SSSR count). The van der Waals surface area contributed by atoms with Crippen molar-refractivity contribution in [2.24, 2.45) is 0 Å². The first-order valence-electron chi connectivity index (χ1n) is 10.1. The maximum atomic E-state index is 13.0. The Morgan fingerprint density at radius 3 is 2.68 bits per heavy atom. The van der Waals surface area contributed by atoms with Crippen molar-refractivity contribution in [3.63, 3.8) is 0 Å². The molecule has 2 aromatic carbocycles. The van der Waals surface area contributed by atoms with Crippen LogP contribution in [0.1, 0.15) is 34.1 Å². The number of likely N-dealkylation sites (tertiary alicyclic amines) is 1. The molecule has 1 fully saturated rings. The first kappa shape index (κ1) is 20.9. The van der Waals surface area contributed by atoms with Gasteiger partial charge in [-0.3, -0.25) is 9.59 Å². The lowest BCUT2D eigenvalue weighted by Gasteiger charge is -2.24. The van der Waals surface area contributed by atoms with Crippen LogP contribution in [0.2, 0.25) is 0 Å². The number of anilines is 1. The summed E-state index contributed by atoms with van der Waals surface area (Å²) >= 11 is 1.69. The second-order valence-electron chi connectivity index (χ2n) is 7.27. The number of hydrogen-bond donors (Lipinski definition) is 1. The number of nitrogens with one attached hydrogen (secondary N) is 1. The Morgan fingerprint density at radius 1 is 1.10 bits per heavy atom. The summed E-state index contributed by atoms with van der Waals surface area (Å²) in [6.07, 6.45) is 2.01. The van der Waals surface area contributed by atoms with Gasteiger partial charge in [-0.1, -0.05) is 12.1 Å². The van der Waals surface area contributed by atoms with Gasteiger partial charge in [0, 0.05) is 28.7 Å². The molecule has 1 N–H and O–H groups in total. The molecule has 3 aromatic rings. The van der Waals surface area contributed by atoms with Crippen molar-refractivity contribution in [2.75, 3.05) is 25.6 Å². The van der Waals surface area contributed by atoms with E-state index >= 15 is 0 Å². The van der Waals surface area contributed by atoms with E-state index in [1.165, 1.54) is 4.88 Å². The zero-order valence-corrected chi connectivity index (χ0v) is 18.1. The largest absolute Gasteiger partial charge is 0.497 e. The van der Waals surface area contributed by atoms with Crippen LogP contribution < -0.4 is 14.8 Å². The number of carbonyl (C=O) groups excluding carboxylic acids is 2. The Morgan fingerprint density at radius 2 is 1.94 bits per heavy atom. The van der Waals surface area contributed by atoms with Gasteiger partial charge in [-0.25, -0.2) is 0 Å². The molecule has 1 aliphatic heterocycles. The molecule has 6 nitrogen and oxygen atoms in total. The Bertz CT molecular complexity index is 1030. The molecule has 1 aromatic heterocycles. The fourth-order valence-electron chi connectivity index (χ4n) is 3.69. The monoisotopic (exact) mass is 436 g/mol. The van der Waals surface area contributed by atoms with Crippen molar-refractivity contribution < 1.29 is 19.1 Å². The number of thiophene rings is 1. The molecule has 1 saturated heterocycles. The molecule has 0 unspecified atom stereocenters. The predicted octanol–water partition coefficient (Wildman–Crippen LogP) is 4.75. The second kappa shape index (κ2) is 9.66. The molecule has 0 aliphatic carbocycles. The van der Waals surface area contributed by atoms with E-state index in [-0.39, 0.29) is 24.5 Å². The number of hydrogen-bond acceptors (Lipinski definition) is 5. The quantitative estimate of drug-likeness (QED) is 0.580. The van der Waals surface area contributed by atoms with E-state index in [0.717, 1.165) is 19.4 Å². The van der Waals surface area contributed by atoms with Crippen LogP contribution in [0, 0.1) is 0 Å². The summed E-state index contributed by atoms with van der Waals surface area (Å²) in [6.45, 7) is 0.640. The van der Waals surface area contributed by atoms with E-state index < -0.39 is 0 Å². The zero-order chi connectivity index (χ0) is 21.6. The number of carbonyl (C=O) groups is 2. The Hall–Kier alpha value is -3.32. The fourth-order valence-corrected chi connectivity index (χ4v) is 4.57. The van der Waals surface area contributed by atoms with Gasteiger partial charge >= 0.3 is 0 Å². The first-order valence-corrected chi connectivity index (χ1v) is 11.0. The third-order valence-corrected chi connectivity index (χ3v) is 6.18. The lowest BCUT2D eigenvalue weighted by Crippen LogP contribution is -2.30. The number of rotatable bonds is 7. The average Bonchev–Trinajstić information content (AvgIpc) is 3.49. The van der Waals surface area contributed by atoms with Crippen LogP contribution in [-0.4, -0.2) is 37.0 Å². The highest BCUT2D eigenvalue weighted by molar-refractivity contribution is 7.10. The van der Waals surface area contributed by atoms with Gasteiger partial charge in [0.1, 0.15) is 11.5 Å². The maximum absolute atomic E-state index is 13.0. The first-order chi connectivity index (χ1) is 15.1. The van der Waals surface area contributed by atoms with Gasteiger partial charge < -0.3 is 19.7 Å². The normalized spacial score (nSPS) is 15.5. The van der Waals surface area contributed by atoms with Gasteiger partial charge in [0.2, 0.25) is 0 Å². The molecule has 1 aliphatic rings. The summed E-state index contributed by atoms with van der Waals surface area (Å²) < 4.78 is 10.7. The summed E-state index contributed by atoms with van der Waals surface area (Å²) in [7, 11) is 1.57. The van der Waals surface area contributed by atoms with Crippen molar-refractivity contribution in [2.45, 2.75) is 18.9 Å². The second-order valence-corrected chi connectivity index (χ2v) is 8.24. The average molecular weight is 437 g/mol. The minimum absolute atomic E-state index is 0.0261. The molecule has 2 heterocycles. The highest BCUT2D eigenvalue weighted by Gasteiger charge is 2.31. The number of benzene rings is 2. The van der Waals surface area contributed by atoms with E-state index in [4.69, 9.17) is 9.47 Å². The van der Waals surface area contributed by atoms with Gasteiger partial charge in [0.05, 0.1) is 13.2 Å². The molecule has 1 atom stereocenters. The Kier molecular flexibility index (Phi) is 6.52. The van der Waals surface area contributed by atoms with Crippen LogP contribution in [0.3, 0.4) is 0 Å². The van der Waals surface area contributed by atoms with Gasteiger partial charge in [-0.15, -0.1) is 11.3 Å². The highest BCUT2D eigenvalue weighted by atomic mass is 32.1. The minimum atomic E-state index is -0.274. The molecule has 160 valence electrons. The van der Waals surface area contributed by atoms with E-state index in [0.29, 0.717) is 22.7 Å². The maximum Gasteiger partial charge on any atom is 0.262 e. The fraction of sp³-hybridized carbons (Fsp3) is 0.250. The van der Waals surface area contributed by atoms with Crippen LogP contribution in [0.5, 0.6) is 11.5 Å². The van der Waals surface area contributed by atoms with Crippen molar-refractivity contribution in [1.29, 1.82) is 0 Å². The Balaban J connectivity index is 1.32. The van der Waals surface area contributed by atoms with Crippen LogP contribution in [-0.2, 0) is 4.79 Å². The number of amides is 2. The molecule has 31 heavy (non-hydrogen) atoms.